The summed E-state index contributed by atoms with van der Waals surface area (Å²) in [6, 6.07) is 2.83. The topological polar surface area (TPSA) is 66.9 Å². The highest BCUT2D eigenvalue weighted by Crippen LogP contribution is 1.91. The molecule has 1 aromatic heterocycles. The van der Waals surface area contributed by atoms with Crippen molar-refractivity contribution in [1.29, 1.82) is 0 Å². The van der Waals surface area contributed by atoms with Gasteiger partial charge in [-0.2, -0.15) is 0 Å². The molecule has 0 bridgehead atoms. The molecule has 0 aliphatic rings. The molecule has 0 amide bonds. The van der Waals surface area contributed by atoms with Crippen molar-refractivity contribution >= 4 is 0 Å². The van der Waals surface area contributed by atoms with Gasteiger partial charge in [0.05, 0.1) is 6.54 Å². The van der Waals surface area contributed by atoms with Gasteiger partial charge in [-0.05, 0) is 5.57 Å². The maximum atomic E-state index is 11.4. The van der Waals surface area contributed by atoms with E-state index in [0.29, 0.717) is 19.1 Å². The molecule has 0 aromatic carbocycles. The summed E-state index contributed by atoms with van der Waals surface area (Å²) < 4.78 is 1.26. The van der Waals surface area contributed by atoms with Gasteiger partial charge in [-0.3, -0.25) is 14.7 Å². The second-order valence-corrected chi connectivity index (χ2v) is 4.02. The number of aromatic amines is 1. The summed E-state index contributed by atoms with van der Waals surface area (Å²) in [5.74, 6) is 0. The van der Waals surface area contributed by atoms with Crippen LogP contribution < -0.4 is 16.4 Å². The van der Waals surface area contributed by atoms with E-state index in [2.05, 4.69) is 17.0 Å². The molecule has 0 aliphatic heterocycles. The number of rotatable bonds is 5. The molecular weight excluding hydrogens is 206 g/mol. The van der Waals surface area contributed by atoms with Gasteiger partial charge in [0.2, 0.25) is 0 Å². The second-order valence-electron chi connectivity index (χ2n) is 4.02. The first-order valence-electron chi connectivity index (χ1n) is 5.19. The Morgan fingerprint density at radius 1 is 1.50 bits per heavy atom. The molecule has 0 saturated heterocycles. The van der Waals surface area contributed by atoms with Gasteiger partial charge in [-0.15, -0.1) is 0 Å². The molecule has 88 valence electrons. The second kappa shape index (κ2) is 5.46. The van der Waals surface area contributed by atoms with Gasteiger partial charge in [0.25, 0.3) is 11.1 Å². The Bertz CT molecular complexity index is 471. The first kappa shape index (κ1) is 12.4. The van der Waals surface area contributed by atoms with Crippen LogP contribution in [0.1, 0.15) is 13.8 Å². The van der Waals surface area contributed by atoms with Gasteiger partial charge in [0.1, 0.15) is 0 Å². The first-order chi connectivity index (χ1) is 7.49. The highest BCUT2D eigenvalue weighted by Gasteiger charge is 2.00. The largest absolute Gasteiger partial charge is 0.311 e. The quantitative estimate of drug-likeness (QED) is 0.695. The lowest BCUT2D eigenvalue weighted by Gasteiger charge is -2.11. The Labute approximate surface area is 93.8 Å². The molecule has 0 aliphatic carbocycles. The van der Waals surface area contributed by atoms with Crippen molar-refractivity contribution in [3.05, 3.63) is 45.0 Å². The predicted molar refractivity (Wildman–Crippen MR) is 63.6 cm³/mol. The van der Waals surface area contributed by atoms with Crippen molar-refractivity contribution in [2.45, 2.75) is 26.4 Å². The number of aromatic nitrogens is 2. The molecule has 0 atom stereocenters. The van der Waals surface area contributed by atoms with E-state index in [9.17, 15) is 9.59 Å². The Hall–Kier alpha value is -1.62. The first-order valence-corrected chi connectivity index (χ1v) is 5.19. The third-order valence-corrected chi connectivity index (χ3v) is 2.03. The minimum atomic E-state index is -0.288. The fourth-order valence-electron chi connectivity index (χ4n) is 1.21. The van der Waals surface area contributed by atoms with Crippen LogP contribution in [0.3, 0.4) is 0 Å². The molecule has 2 N–H and O–H groups in total. The number of hydrogen-bond acceptors (Lipinski definition) is 3. The monoisotopic (exact) mass is 223 g/mol. The average Bonchev–Trinajstić information content (AvgIpc) is 2.20. The van der Waals surface area contributed by atoms with E-state index in [4.69, 9.17) is 0 Å². The summed E-state index contributed by atoms with van der Waals surface area (Å²) in [5.41, 5.74) is 0.326. The summed E-state index contributed by atoms with van der Waals surface area (Å²) in [6.07, 6.45) is 0. The Balaban J connectivity index is 2.66. The van der Waals surface area contributed by atoms with Crippen molar-refractivity contribution in [3.63, 3.8) is 0 Å². The Morgan fingerprint density at radius 2 is 2.19 bits per heavy atom. The van der Waals surface area contributed by atoms with Gasteiger partial charge in [0, 0.05) is 24.7 Å². The summed E-state index contributed by atoms with van der Waals surface area (Å²) >= 11 is 0. The van der Waals surface area contributed by atoms with Crippen molar-refractivity contribution in [1.82, 2.24) is 15.1 Å². The van der Waals surface area contributed by atoms with E-state index >= 15 is 0 Å². The van der Waals surface area contributed by atoms with Crippen LogP contribution in [0.5, 0.6) is 0 Å². The van der Waals surface area contributed by atoms with E-state index in [-0.39, 0.29) is 11.1 Å². The van der Waals surface area contributed by atoms with E-state index in [1.54, 1.807) is 0 Å². The van der Waals surface area contributed by atoms with E-state index in [0.717, 1.165) is 5.57 Å². The number of nitrogens with one attached hydrogen (secondary N) is 2. The zero-order valence-electron chi connectivity index (χ0n) is 9.62. The molecule has 0 fully saturated rings. The third kappa shape index (κ3) is 3.86. The molecule has 0 radical (unpaired) electrons. The fourth-order valence-corrected chi connectivity index (χ4v) is 1.21. The molecule has 5 heteroatoms. The van der Waals surface area contributed by atoms with Crippen LogP contribution in [0.2, 0.25) is 0 Å². The third-order valence-electron chi connectivity index (χ3n) is 2.03. The highest BCUT2D eigenvalue weighted by molar-refractivity contribution is 4.98. The van der Waals surface area contributed by atoms with Gasteiger partial charge in [0.15, 0.2) is 0 Å². The highest BCUT2D eigenvalue weighted by atomic mass is 16.1. The van der Waals surface area contributed by atoms with Gasteiger partial charge < -0.3 is 5.32 Å². The number of nitrogens with zero attached hydrogens (tertiary/aromatic N) is 1. The molecular formula is C11H17N3O2. The van der Waals surface area contributed by atoms with Gasteiger partial charge in [-0.25, -0.2) is 4.68 Å². The summed E-state index contributed by atoms with van der Waals surface area (Å²) in [4.78, 5) is 22.4. The van der Waals surface area contributed by atoms with Crippen molar-refractivity contribution in [3.8, 4) is 0 Å². The minimum absolute atomic E-state index is 0.231. The normalized spacial score (nSPS) is 10.7. The molecule has 0 saturated carbocycles. The van der Waals surface area contributed by atoms with Crippen LogP contribution >= 0.6 is 0 Å². The maximum absolute atomic E-state index is 11.4. The van der Waals surface area contributed by atoms with Crippen LogP contribution in [0.4, 0.5) is 0 Å². The van der Waals surface area contributed by atoms with Crippen LogP contribution in [-0.4, -0.2) is 22.4 Å². The van der Waals surface area contributed by atoms with Crippen molar-refractivity contribution in [2.24, 2.45) is 0 Å². The number of hydrogen-bond donors (Lipinski definition) is 2. The predicted octanol–water partition coefficient (Wildman–Crippen LogP) is 0.0908. The van der Waals surface area contributed by atoms with E-state index in [1.807, 2.05) is 13.8 Å². The molecule has 16 heavy (non-hydrogen) atoms. The molecule has 1 heterocycles. The minimum Gasteiger partial charge on any atom is -0.311 e. The standard InChI is InChI=1S/C11H17N3O2/c1-8(2)12-6-9(3)7-14-11(16)5-4-10(15)13-14/h4-5,8,12H,3,6-7H2,1-2H3,(H,13,15). The van der Waals surface area contributed by atoms with Crippen LogP contribution in [0.25, 0.3) is 0 Å². The summed E-state index contributed by atoms with van der Waals surface area (Å²) in [7, 11) is 0. The average molecular weight is 223 g/mol. The zero-order valence-corrected chi connectivity index (χ0v) is 9.62. The van der Waals surface area contributed by atoms with Gasteiger partial charge >= 0.3 is 0 Å². The van der Waals surface area contributed by atoms with Gasteiger partial charge in [-0.1, -0.05) is 20.4 Å². The lowest BCUT2D eigenvalue weighted by molar-refractivity contribution is 0.570. The lowest BCUT2D eigenvalue weighted by Crippen LogP contribution is -2.31. The Morgan fingerprint density at radius 3 is 2.81 bits per heavy atom. The number of H-pyrrole nitrogens is 1. The molecule has 1 rings (SSSR count). The Kier molecular flexibility index (Phi) is 4.25. The van der Waals surface area contributed by atoms with Crippen LogP contribution in [0, 0.1) is 0 Å². The molecule has 0 spiro atoms. The lowest BCUT2D eigenvalue weighted by atomic mass is 10.3. The summed E-state index contributed by atoms with van der Waals surface area (Å²) in [6.45, 7) is 8.87. The van der Waals surface area contributed by atoms with Crippen LogP contribution in [0.15, 0.2) is 33.9 Å². The van der Waals surface area contributed by atoms with Crippen molar-refractivity contribution < 1.29 is 0 Å². The van der Waals surface area contributed by atoms with E-state index in [1.165, 1.54) is 16.8 Å². The zero-order chi connectivity index (χ0) is 12.1. The van der Waals surface area contributed by atoms with Crippen molar-refractivity contribution in [2.75, 3.05) is 6.54 Å². The van der Waals surface area contributed by atoms with Crippen LogP contribution in [-0.2, 0) is 6.54 Å². The molecule has 1 aromatic rings. The molecule has 0 unspecified atom stereocenters. The van der Waals surface area contributed by atoms with E-state index < -0.39 is 0 Å². The fraction of sp³-hybridized carbons (Fsp3) is 0.455. The molecule has 5 nitrogen and oxygen atoms in total. The summed E-state index contributed by atoms with van der Waals surface area (Å²) in [5, 5.41) is 5.65. The maximum Gasteiger partial charge on any atom is 0.265 e. The SMILES string of the molecule is C=C(CNC(C)C)Cn1[nH]c(=O)ccc1=O. The smallest absolute Gasteiger partial charge is 0.265 e.